The molecule has 0 saturated carbocycles. The maximum Gasteiger partial charge on any atom is 0.257 e. The fourth-order valence-corrected chi connectivity index (χ4v) is 6.87. The Morgan fingerprint density at radius 2 is 1.75 bits per heavy atom. The van der Waals surface area contributed by atoms with Crippen molar-refractivity contribution < 1.29 is 28.0 Å². The average Bonchev–Trinajstić information content (AvgIpc) is 3.47. The molecule has 2 aromatic heterocycles. The molecule has 0 bridgehead atoms. The molecule has 4 atom stereocenters. The first kappa shape index (κ1) is 33.9. The zero-order valence-electron chi connectivity index (χ0n) is 27.4. The molecule has 10 nitrogen and oxygen atoms in total. The zero-order valence-corrected chi connectivity index (χ0v) is 29.4. The minimum atomic E-state index is -2.55. The van der Waals surface area contributed by atoms with Crippen molar-refractivity contribution >= 4 is 40.4 Å². The number of halogens is 1. The van der Waals surface area contributed by atoms with Crippen molar-refractivity contribution in [3.05, 3.63) is 60.0 Å². The molecule has 1 amide bonds. The van der Waals surface area contributed by atoms with E-state index in [1.807, 2.05) is 19.2 Å². The van der Waals surface area contributed by atoms with Crippen LogP contribution in [0.2, 0.25) is 36.3 Å². The highest BCUT2D eigenvalue weighted by atomic mass is 28.4. The van der Waals surface area contributed by atoms with Gasteiger partial charge in [0, 0.05) is 17.3 Å². The van der Waals surface area contributed by atoms with Crippen molar-refractivity contribution in [2.24, 2.45) is 5.16 Å². The Kier molecular flexibility index (Phi) is 9.31. The van der Waals surface area contributed by atoms with Crippen LogP contribution in [0.3, 0.4) is 0 Å². The Balaban J connectivity index is 1.75. The Morgan fingerprint density at radius 3 is 2.34 bits per heavy atom. The number of hydrogen-bond acceptors (Lipinski definition) is 8. The summed E-state index contributed by atoms with van der Waals surface area (Å²) < 4.78 is 38.3. The minimum absolute atomic E-state index is 0.0463. The van der Waals surface area contributed by atoms with Crippen LogP contribution in [0, 0.1) is 0 Å². The molecule has 2 N–H and O–H groups in total. The molecule has 1 aliphatic heterocycles. The van der Waals surface area contributed by atoms with E-state index in [1.54, 1.807) is 40.9 Å². The summed E-state index contributed by atoms with van der Waals surface area (Å²) in [5, 5.41) is 15.7. The van der Waals surface area contributed by atoms with Gasteiger partial charge >= 0.3 is 0 Å². The third kappa shape index (κ3) is 6.66. The largest absolute Gasteiger partial charge is 0.413 e. The second-order valence-electron chi connectivity index (χ2n) is 14.5. The van der Waals surface area contributed by atoms with Crippen LogP contribution in [0.4, 0.5) is 10.3 Å². The number of nitrogens with one attached hydrogen (secondary N) is 1. The van der Waals surface area contributed by atoms with Crippen LogP contribution in [0.15, 0.2) is 54.1 Å². The first-order valence-corrected chi connectivity index (χ1v) is 20.7. The van der Waals surface area contributed by atoms with Gasteiger partial charge in [0.25, 0.3) is 5.91 Å². The number of fused-ring (bicyclic) bond motifs is 1. The predicted molar refractivity (Wildman–Crippen MR) is 174 cm³/mol. The average molecular weight is 644 g/mol. The van der Waals surface area contributed by atoms with E-state index < -0.39 is 40.6 Å². The number of aromatic nitrogens is 3. The molecule has 0 spiro atoms. The van der Waals surface area contributed by atoms with Gasteiger partial charge in [-0.1, -0.05) is 64.9 Å². The van der Waals surface area contributed by atoms with Crippen molar-refractivity contribution in [3.63, 3.8) is 0 Å². The summed E-state index contributed by atoms with van der Waals surface area (Å²) in [6.45, 7) is 20.9. The first-order valence-electron chi connectivity index (χ1n) is 14.8. The quantitative estimate of drug-likeness (QED) is 0.112. The summed E-state index contributed by atoms with van der Waals surface area (Å²) in [6.07, 6.45) is 0.341. The molecular formula is C31H46FN5O5Si2. The molecule has 1 fully saturated rings. The molecule has 240 valence electrons. The molecule has 0 unspecified atom stereocenters. The second-order valence-corrected chi connectivity index (χ2v) is 24.1. The predicted octanol–water partition coefficient (Wildman–Crippen LogP) is 7.00. The van der Waals surface area contributed by atoms with E-state index in [4.69, 9.17) is 13.6 Å². The van der Waals surface area contributed by atoms with Crippen molar-refractivity contribution in [2.45, 2.75) is 102 Å². The highest BCUT2D eigenvalue weighted by Gasteiger charge is 2.60. The van der Waals surface area contributed by atoms with E-state index in [0.717, 1.165) is 0 Å². The number of anilines is 1. The summed E-state index contributed by atoms with van der Waals surface area (Å²) in [5.41, 5.74) is -0.122. The van der Waals surface area contributed by atoms with Crippen molar-refractivity contribution in [2.75, 3.05) is 11.9 Å². The fourth-order valence-electron chi connectivity index (χ4n) is 4.53. The van der Waals surface area contributed by atoms with E-state index in [-0.39, 0.29) is 28.5 Å². The molecular weight excluding hydrogens is 598 g/mol. The number of hydrogen-bond donors (Lipinski definition) is 2. The zero-order chi connectivity index (χ0) is 32.7. The number of oxime groups is 1. The number of alkyl halides is 1. The van der Waals surface area contributed by atoms with E-state index in [9.17, 15) is 10.0 Å². The summed E-state index contributed by atoms with van der Waals surface area (Å²) in [6, 6.07) is 10.5. The maximum atomic E-state index is 16.9. The van der Waals surface area contributed by atoms with Gasteiger partial charge in [0.05, 0.1) is 12.8 Å². The van der Waals surface area contributed by atoms with Gasteiger partial charge in [0.15, 0.2) is 28.4 Å². The minimum Gasteiger partial charge on any atom is -0.413 e. The Labute approximate surface area is 261 Å². The molecule has 44 heavy (non-hydrogen) atoms. The number of nitrogens with zero attached hydrogens (tertiary/aromatic N) is 4. The van der Waals surface area contributed by atoms with Gasteiger partial charge in [-0.15, -0.1) is 0 Å². The number of rotatable bonds is 9. The van der Waals surface area contributed by atoms with Crippen molar-refractivity contribution in [1.82, 2.24) is 14.4 Å². The number of carbonyl (C=O) groups is 1. The summed E-state index contributed by atoms with van der Waals surface area (Å²) in [7, 11) is -4.87. The van der Waals surface area contributed by atoms with E-state index in [2.05, 4.69) is 75.1 Å². The lowest BCUT2D eigenvalue weighted by molar-refractivity contribution is -0.0565. The third-order valence-electron chi connectivity index (χ3n) is 9.38. The monoisotopic (exact) mass is 643 g/mol. The summed E-state index contributed by atoms with van der Waals surface area (Å²) >= 11 is 0. The van der Waals surface area contributed by atoms with Crippen LogP contribution < -0.4 is 5.32 Å². The molecule has 4 rings (SSSR count). The topological polar surface area (TPSA) is 120 Å². The molecule has 0 aliphatic carbocycles. The third-order valence-corrected chi connectivity index (χ3v) is 18.3. The highest BCUT2D eigenvalue weighted by Crippen LogP contribution is 2.48. The van der Waals surface area contributed by atoms with E-state index in [1.165, 1.54) is 12.5 Å². The second kappa shape index (κ2) is 12.1. The van der Waals surface area contributed by atoms with Gasteiger partial charge in [0.1, 0.15) is 24.2 Å². The van der Waals surface area contributed by atoms with Crippen LogP contribution in [0.25, 0.3) is 5.65 Å². The highest BCUT2D eigenvalue weighted by molar-refractivity contribution is 6.74. The van der Waals surface area contributed by atoms with Gasteiger partial charge < -0.3 is 18.8 Å². The van der Waals surface area contributed by atoms with Crippen LogP contribution in [0.5, 0.6) is 0 Å². The van der Waals surface area contributed by atoms with E-state index >= 15 is 4.39 Å². The van der Waals surface area contributed by atoms with Crippen molar-refractivity contribution in [1.29, 1.82) is 0 Å². The Bertz CT molecular complexity index is 1500. The van der Waals surface area contributed by atoms with Crippen molar-refractivity contribution in [3.8, 4) is 0 Å². The van der Waals surface area contributed by atoms with Crippen LogP contribution >= 0.6 is 0 Å². The summed E-state index contributed by atoms with van der Waals surface area (Å²) in [4.78, 5) is 21.5. The number of benzene rings is 1. The lowest BCUT2D eigenvalue weighted by Gasteiger charge is -2.43. The molecule has 3 aromatic rings. The normalized spacial score (nSPS) is 23.5. The smallest absolute Gasteiger partial charge is 0.257 e. The maximum absolute atomic E-state index is 16.9. The molecule has 1 aromatic carbocycles. The van der Waals surface area contributed by atoms with Crippen LogP contribution in [-0.2, 0) is 13.6 Å². The molecule has 0 radical (unpaired) electrons. The number of carbonyl (C=O) groups excluding carboxylic acids is 1. The molecule has 13 heteroatoms. The SMILES string of the molecule is CC(C)(C)[Si](C)(C)OC[C@@]1(C=NO)O[C@@H](c2cc3ncnc(NC(=O)c4ccccc4)n3c2)[C@H](F)[C@@H]1O[Si](C)(C)C(C)(C)C. The molecule has 3 heterocycles. The van der Waals surface area contributed by atoms with Gasteiger partial charge in [-0.05, 0) is 54.5 Å². The summed E-state index contributed by atoms with van der Waals surface area (Å²) in [5.74, 6) is -0.118. The van der Waals surface area contributed by atoms with Gasteiger partial charge in [-0.3, -0.25) is 14.5 Å². The lowest BCUT2D eigenvalue weighted by Crippen LogP contribution is -2.57. The Hall–Kier alpha value is -2.98. The molecule has 1 aliphatic rings. The number of ether oxygens (including phenoxy) is 1. The van der Waals surface area contributed by atoms with Crippen LogP contribution in [-0.4, -0.2) is 72.8 Å². The number of amides is 1. The van der Waals surface area contributed by atoms with Crippen LogP contribution in [0.1, 0.15) is 63.6 Å². The lowest BCUT2D eigenvalue weighted by atomic mass is 9.96. The van der Waals surface area contributed by atoms with Gasteiger partial charge in [-0.2, -0.15) is 0 Å². The fraction of sp³-hybridized carbons (Fsp3) is 0.548. The first-order chi connectivity index (χ1) is 20.3. The Morgan fingerprint density at radius 1 is 1.11 bits per heavy atom. The van der Waals surface area contributed by atoms with E-state index in [0.29, 0.717) is 16.8 Å². The molecule has 1 saturated heterocycles. The van der Waals surface area contributed by atoms with Gasteiger partial charge in [-0.25, -0.2) is 14.4 Å². The standard InChI is InChI=1S/C31H46FN5O5Si2/c1-29(2,3)43(7,8)40-19-31(18-35-39)26(42-44(9,10)30(4,5)6)24(32)25(41-31)22-16-23-33-20-34-28(37(23)17-22)36-27(38)21-14-12-11-13-15-21/h11-18,20,24-26,39H,19H2,1-10H3,(H,33,34,36,38)/t24-,25-,26-,31+/m0/s1. The van der Waals surface area contributed by atoms with Gasteiger partial charge in [0.2, 0.25) is 5.95 Å².